The van der Waals surface area contributed by atoms with Gasteiger partial charge >= 0.3 is 5.97 Å². The summed E-state index contributed by atoms with van der Waals surface area (Å²) < 4.78 is 5.38. The minimum Gasteiger partial charge on any atom is -0.492 e. The molecule has 1 aromatic heterocycles. The fourth-order valence-electron chi connectivity index (χ4n) is 3.06. The Morgan fingerprint density at radius 3 is 2.74 bits per heavy atom. The zero-order valence-electron chi connectivity index (χ0n) is 13.0. The van der Waals surface area contributed by atoms with Gasteiger partial charge in [-0.2, -0.15) is 0 Å². The van der Waals surface area contributed by atoms with Crippen molar-refractivity contribution >= 4 is 5.97 Å². The Bertz CT molecular complexity index is 685. The topological polar surface area (TPSA) is 71.5 Å². The van der Waals surface area contributed by atoms with Crippen molar-refractivity contribution in [3.8, 4) is 5.75 Å². The molecule has 1 aliphatic carbocycles. The molecule has 0 amide bonds. The summed E-state index contributed by atoms with van der Waals surface area (Å²) in [6.45, 7) is 3.15. The lowest BCUT2D eigenvalue weighted by atomic mass is 10.0. The normalized spacial score (nSPS) is 19.3. The molecule has 0 bridgehead atoms. The van der Waals surface area contributed by atoms with Gasteiger partial charge in [0.25, 0.3) is 0 Å². The highest BCUT2D eigenvalue weighted by atomic mass is 16.5. The Morgan fingerprint density at radius 1 is 1.30 bits per heavy atom. The summed E-state index contributed by atoms with van der Waals surface area (Å²) in [5.74, 6) is -0.439. The number of carboxylic acid groups (broad SMARTS) is 1. The van der Waals surface area contributed by atoms with Crippen molar-refractivity contribution in [1.29, 1.82) is 0 Å². The number of hydrogen-bond acceptors (Lipinski definition) is 4. The number of nitrogens with one attached hydrogen (secondary N) is 1. The molecule has 0 unspecified atom stereocenters. The number of benzene rings is 1. The third-order valence-corrected chi connectivity index (χ3v) is 4.15. The summed E-state index contributed by atoms with van der Waals surface area (Å²) in [5, 5.41) is 12.8. The van der Waals surface area contributed by atoms with Crippen LogP contribution in [0.3, 0.4) is 0 Å². The average molecular weight is 312 g/mol. The van der Waals surface area contributed by atoms with Crippen molar-refractivity contribution in [3.63, 3.8) is 0 Å². The van der Waals surface area contributed by atoms with Crippen LogP contribution in [0.15, 0.2) is 42.6 Å². The smallest absolute Gasteiger partial charge is 0.311 e. The van der Waals surface area contributed by atoms with Crippen LogP contribution in [0.5, 0.6) is 5.75 Å². The predicted octanol–water partition coefficient (Wildman–Crippen LogP) is 2.88. The predicted molar refractivity (Wildman–Crippen MR) is 86.4 cm³/mol. The van der Waals surface area contributed by atoms with Crippen LogP contribution in [0.25, 0.3) is 0 Å². The number of nitrogens with zero attached hydrogens (tertiary/aromatic N) is 1. The van der Waals surface area contributed by atoms with Crippen molar-refractivity contribution in [2.45, 2.75) is 31.8 Å². The Balaban J connectivity index is 1.68. The molecule has 23 heavy (non-hydrogen) atoms. The molecule has 0 saturated carbocycles. The van der Waals surface area contributed by atoms with Crippen molar-refractivity contribution in [2.75, 3.05) is 6.61 Å². The molecule has 2 aromatic rings. The van der Waals surface area contributed by atoms with E-state index in [1.165, 1.54) is 0 Å². The largest absolute Gasteiger partial charge is 0.492 e. The second kappa shape index (κ2) is 6.79. The van der Waals surface area contributed by atoms with E-state index >= 15 is 0 Å². The Morgan fingerprint density at radius 2 is 2.09 bits per heavy atom. The summed E-state index contributed by atoms with van der Waals surface area (Å²) in [6.07, 6.45) is 2.29. The van der Waals surface area contributed by atoms with Gasteiger partial charge in [0.05, 0.1) is 24.4 Å². The van der Waals surface area contributed by atoms with Gasteiger partial charge in [0.15, 0.2) is 0 Å². The third kappa shape index (κ3) is 3.35. The van der Waals surface area contributed by atoms with E-state index in [0.717, 1.165) is 22.6 Å². The van der Waals surface area contributed by atoms with Gasteiger partial charge in [-0.3, -0.25) is 9.78 Å². The lowest BCUT2D eigenvalue weighted by Gasteiger charge is -2.14. The van der Waals surface area contributed by atoms with Gasteiger partial charge < -0.3 is 15.2 Å². The van der Waals surface area contributed by atoms with Gasteiger partial charge in [0, 0.05) is 12.6 Å². The van der Waals surface area contributed by atoms with Gasteiger partial charge in [-0.05, 0) is 36.6 Å². The number of carbonyl (C=O) groups is 1. The molecule has 2 atom stereocenters. The number of fused-ring (bicyclic) bond motifs is 1. The van der Waals surface area contributed by atoms with E-state index in [0.29, 0.717) is 19.6 Å². The van der Waals surface area contributed by atoms with Crippen LogP contribution in [0.2, 0.25) is 0 Å². The van der Waals surface area contributed by atoms with E-state index in [1.807, 2.05) is 43.3 Å². The van der Waals surface area contributed by atoms with Gasteiger partial charge in [-0.25, -0.2) is 0 Å². The van der Waals surface area contributed by atoms with Crippen molar-refractivity contribution in [3.05, 3.63) is 59.4 Å². The van der Waals surface area contributed by atoms with E-state index in [1.54, 1.807) is 6.20 Å². The number of aromatic nitrogens is 1. The molecule has 1 aliphatic rings. The van der Waals surface area contributed by atoms with Gasteiger partial charge in [0.2, 0.25) is 0 Å². The zero-order valence-corrected chi connectivity index (χ0v) is 13.0. The Hall–Kier alpha value is -2.40. The quantitative estimate of drug-likeness (QED) is 0.858. The summed E-state index contributed by atoms with van der Waals surface area (Å²) >= 11 is 0. The van der Waals surface area contributed by atoms with Crippen molar-refractivity contribution < 1.29 is 14.6 Å². The van der Waals surface area contributed by atoms with E-state index in [2.05, 4.69) is 10.3 Å². The molecule has 0 spiro atoms. The minimum absolute atomic E-state index is 0.0423. The Kier molecular flexibility index (Phi) is 4.57. The van der Waals surface area contributed by atoms with Crippen LogP contribution in [-0.4, -0.2) is 22.7 Å². The first-order valence-electron chi connectivity index (χ1n) is 7.81. The molecule has 2 N–H and O–H groups in total. The molecule has 5 nitrogen and oxygen atoms in total. The molecule has 0 saturated heterocycles. The molecular formula is C18H20N2O3. The van der Waals surface area contributed by atoms with E-state index < -0.39 is 11.9 Å². The maximum Gasteiger partial charge on any atom is 0.311 e. The summed E-state index contributed by atoms with van der Waals surface area (Å²) in [6, 6.07) is 11.6. The van der Waals surface area contributed by atoms with E-state index in [9.17, 15) is 9.90 Å². The standard InChI is InChI=1S/C18H20N2O3/c1-2-23-13-8-7-12(19-11-13)10-20-17-9-16(18(21)22)14-5-3-4-6-15(14)17/h3-8,11,16-17,20H,2,9-10H2,1H3,(H,21,22)/t16-,17+/m0/s1. The van der Waals surface area contributed by atoms with Crippen LogP contribution in [0.4, 0.5) is 0 Å². The van der Waals surface area contributed by atoms with Crippen LogP contribution in [-0.2, 0) is 11.3 Å². The molecule has 0 aliphatic heterocycles. The molecular weight excluding hydrogens is 292 g/mol. The molecule has 1 aromatic carbocycles. The maximum absolute atomic E-state index is 11.4. The third-order valence-electron chi connectivity index (χ3n) is 4.15. The lowest BCUT2D eigenvalue weighted by molar-refractivity contribution is -0.138. The van der Waals surface area contributed by atoms with Crippen LogP contribution < -0.4 is 10.1 Å². The number of ether oxygens (including phenoxy) is 1. The van der Waals surface area contributed by atoms with Gasteiger partial charge in [0.1, 0.15) is 5.75 Å². The highest BCUT2D eigenvalue weighted by Gasteiger charge is 2.34. The van der Waals surface area contributed by atoms with E-state index in [-0.39, 0.29) is 6.04 Å². The minimum atomic E-state index is -0.763. The fraction of sp³-hybridized carbons (Fsp3) is 0.333. The number of rotatable bonds is 6. The molecule has 120 valence electrons. The summed E-state index contributed by atoms with van der Waals surface area (Å²) in [7, 11) is 0. The molecule has 5 heteroatoms. The summed E-state index contributed by atoms with van der Waals surface area (Å²) in [4.78, 5) is 15.8. The molecule has 0 radical (unpaired) electrons. The maximum atomic E-state index is 11.4. The highest BCUT2D eigenvalue weighted by molar-refractivity contribution is 5.78. The monoisotopic (exact) mass is 312 g/mol. The molecule has 0 fully saturated rings. The van der Waals surface area contributed by atoms with Gasteiger partial charge in [-0.15, -0.1) is 0 Å². The number of aliphatic carboxylic acids is 1. The second-order valence-electron chi connectivity index (χ2n) is 5.61. The first kappa shape index (κ1) is 15.5. The Labute approximate surface area is 135 Å². The van der Waals surface area contributed by atoms with Crippen LogP contribution in [0, 0.1) is 0 Å². The molecule has 1 heterocycles. The van der Waals surface area contributed by atoms with Gasteiger partial charge in [-0.1, -0.05) is 24.3 Å². The van der Waals surface area contributed by atoms with E-state index in [4.69, 9.17) is 4.74 Å². The number of carboxylic acids is 1. The van der Waals surface area contributed by atoms with Crippen molar-refractivity contribution in [2.24, 2.45) is 0 Å². The fourth-order valence-corrected chi connectivity index (χ4v) is 3.06. The van der Waals surface area contributed by atoms with Crippen LogP contribution in [0.1, 0.15) is 42.1 Å². The first-order chi connectivity index (χ1) is 11.2. The SMILES string of the molecule is CCOc1ccc(CN[C@@H]2C[C@H](C(=O)O)c3ccccc32)nc1. The number of hydrogen-bond donors (Lipinski definition) is 2. The second-order valence-corrected chi connectivity index (χ2v) is 5.61. The zero-order chi connectivity index (χ0) is 16.2. The summed E-state index contributed by atoms with van der Waals surface area (Å²) in [5.41, 5.74) is 2.90. The average Bonchev–Trinajstić information content (AvgIpc) is 2.94. The van der Waals surface area contributed by atoms with Crippen LogP contribution >= 0.6 is 0 Å². The number of pyridine rings is 1. The first-order valence-corrected chi connectivity index (χ1v) is 7.81. The molecule has 3 rings (SSSR count). The lowest BCUT2D eigenvalue weighted by Crippen LogP contribution is -2.20. The highest BCUT2D eigenvalue weighted by Crippen LogP contribution is 2.40. The van der Waals surface area contributed by atoms with Crippen molar-refractivity contribution in [1.82, 2.24) is 10.3 Å².